The standard InChI is InChI=1S/C8H18FP.5FH.Ti/c1-7(2,3)10(9)8(4,5)6;;;;;;/h1-6H3;5*1H;/q;;;;;;+4/p-4. The zero-order chi connectivity index (χ0) is 13.1. The van der Waals surface area contributed by atoms with E-state index in [-0.39, 0.29) is 15.0 Å². The van der Waals surface area contributed by atoms with E-state index >= 15 is 0 Å². The van der Waals surface area contributed by atoms with E-state index in [9.17, 15) is 16.6 Å². The van der Waals surface area contributed by atoms with Crippen LogP contribution in [0.4, 0.5) is 21.3 Å². The average molecular weight is 308 g/mol. The van der Waals surface area contributed by atoms with Gasteiger partial charge in [0.15, 0.2) is 0 Å². The molecule has 0 aliphatic rings. The zero-order valence-electron chi connectivity index (χ0n) is 10.2. The first-order valence-corrected chi connectivity index (χ1v) is 7.97. The van der Waals surface area contributed by atoms with Crippen LogP contribution in [0.2, 0.25) is 0 Å². The summed E-state index contributed by atoms with van der Waals surface area (Å²) in [7, 11) is -1.36. The third-order valence-electron chi connectivity index (χ3n) is 1.18. The normalized spacial score (nSPS) is 12.8. The van der Waals surface area contributed by atoms with E-state index in [1.54, 1.807) is 0 Å². The predicted molar refractivity (Wildman–Crippen MR) is 54.5 cm³/mol. The molecule has 0 bridgehead atoms. The molecule has 0 nitrogen and oxygen atoms in total. The molecule has 0 aliphatic carbocycles. The van der Waals surface area contributed by atoms with Crippen LogP contribution in [0.5, 0.6) is 0 Å². The summed E-state index contributed by atoms with van der Waals surface area (Å²) in [5, 5.41) is -0.318. The molecule has 0 aromatic rings. The van der Waals surface area contributed by atoms with Gasteiger partial charge in [-0.1, -0.05) is 41.5 Å². The Bertz CT molecular complexity index is 160. The Balaban J connectivity index is -0.000000242. The van der Waals surface area contributed by atoms with Crippen molar-refractivity contribution in [3.63, 3.8) is 0 Å². The monoisotopic (exact) mass is 308 g/mol. The maximum atomic E-state index is 13.5. The van der Waals surface area contributed by atoms with Gasteiger partial charge in [-0.25, -0.2) is 4.20 Å². The van der Waals surface area contributed by atoms with Crippen LogP contribution in [0.25, 0.3) is 0 Å². The predicted octanol–water partition coefficient (Wildman–Crippen LogP) is 5.78. The summed E-state index contributed by atoms with van der Waals surface area (Å²) in [5.41, 5.74) is 0. The topological polar surface area (TPSA) is 0 Å². The molecule has 0 aliphatic heterocycles. The molecule has 0 fully saturated rings. The van der Waals surface area contributed by atoms with Crippen molar-refractivity contribution in [3.05, 3.63) is 0 Å². The van der Waals surface area contributed by atoms with Crippen LogP contribution >= 0.6 is 8.23 Å². The van der Waals surface area contributed by atoms with E-state index in [0.717, 1.165) is 0 Å². The number of hydrogen-bond acceptors (Lipinski definition) is 0. The quantitative estimate of drug-likeness (QED) is 0.302. The van der Waals surface area contributed by atoms with E-state index in [1.165, 1.54) is 0 Å². The Morgan fingerprint density at radius 1 is 0.750 bits per heavy atom. The van der Waals surface area contributed by atoms with Crippen molar-refractivity contribution in [3.8, 4) is 0 Å². The minimum atomic E-state index is -7.00. The Kier molecular flexibility index (Phi) is 9.91. The SMILES string of the molecule is CC(C)(C)P(F)C(C)(C)C.F.[F][Ti]([F])([F])[F]. The van der Waals surface area contributed by atoms with Gasteiger partial charge in [0, 0.05) is 10.3 Å². The van der Waals surface area contributed by atoms with Gasteiger partial charge in [-0.2, -0.15) is 0 Å². The fourth-order valence-corrected chi connectivity index (χ4v) is 3.02. The maximum absolute atomic E-state index is 13.5. The van der Waals surface area contributed by atoms with Crippen molar-refractivity contribution < 1.29 is 40.0 Å². The van der Waals surface area contributed by atoms with E-state index < -0.39 is 27.0 Å². The fourth-order valence-electron chi connectivity index (χ4n) is 1.01. The van der Waals surface area contributed by atoms with E-state index in [1.807, 2.05) is 41.5 Å². The van der Waals surface area contributed by atoms with Crippen LogP contribution < -0.4 is 0 Å². The van der Waals surface area contributed by atoms with Crippen molar-refractivity contribution in [2.75, 3.05) is 0 Å². The fraction of sp³-hybridized carbons (Fsp3) is 1.00. The summed E-state index contributed by atoms with van der Waals surface area (Å²) in [6.07, 6.45) is 0. The molecule has 102 valence electrons. The summed E-state index contributed by atoms with van der Waals surface area (Å²) >= 11 is -7.00. The second-order valence-electron chi connectivity index (χ2n) is 5.05. The molecule has 0 aromatic carbocycles. The first-order chi connectivity index (χ1) is 6.15. The van der Waals surface area contributed by atoms with E-state index in [2.05, 4.69) is 0 Å². The van der Waals surface area contributed by atoms with Gasteiger partial charge >= 0.3 is 31.1 Å². The molecular weight excluding hydrogens is 289 g/mol. The zero-order valence-corrected chi connectivity index (χ0v) is 12.7. The molecule has 0 heterocycles. The van der Waals surface area contributed by atoms with Crippen molar-refractivity contribution in [1.29, 1.82) is 0 Å². The Morgan fingerprint density at radius 3 is 0.875 bits per heavy atom. The molecule has 0 radical (unpaired) electrons. The third-order valence-corrected chi connectivity index (χ3v) is 3.53. The number of rotatable bonds is 0. The van der Waals surface area contributed by atoms with Crippen LogP contribution in [-0.4, -0.2) is 10.3 Å². The van der Waals surface area contributed by atoms with Gasteiger partial charge < -0.3 is 0 Å². The summed E-state index contributed by atoms with van der Waals surface area (Å²) in [6, 6.07) is 0. The average Bonchev–Trinajstić information content (AvgIpc) is 1.77. The summed E-state index contributed by atoms with van der Waals surface area (Å²) in [5.74, 6) is 0. The molecule has 8 heteroatoms. The van der Waals surface area contributed by atoms with Gasteiger partial charge in [0.2, 0.25) is 0 Å². The molecule has 0 N–H and O–H groups in total. The van der Waals surface area contributed by atoms with Crippen molar-refractivity contribution in [1.82, 2.24) is 0 Å². The van der Waals surface area contributed by atoms with E-state index in [0.29, 0.717) is 0 Å². The number of hydrogen-bond donors (Lipinski definition) is 0. The van der Waals surface area contributed by atoms with Crippen LogP contribution in [0, 0.1) is 0 Å². The van der Waals surface area contributed by atoms with Gasteiger partial charge in [0.25, 0.3) is 0 Å². The third kappa shape index (κ3) is 17.1. The van der Waals surface area contributed by atoms with Gasteiger partial charge in [-0.15, -0.1) is 0 Å². The molecule has 0 atom stereocenters. The van der Waals surface area contributed by atoms with Crippen LogP contribution in [0.3, 0.4) is 0 Å². The van der Waals surface area contributed by atoms with Crippen molar-refractivity contribution >= 4 is 8.23 Å². The molecule has 16 heavy (non-hydrogen) atoms. The molecule has 0 saturated heterocycles. The Hall–Kier alpha value is 0.724. The summed E-state index contributed by atoms with van der Waals surface area (Å²) in [4.78, 5) is 0. The second-order valence-corrected chi connectivity index (χ2v) is 9.63. The van der Waals surface area contributed by atoms with Crippen LogP contribution in [0.1, 0.15) is 41.5 Å². The first-order valence-electron chi connectivity index (χ1n) is 4.37. The second kappa shape index (κ2) is 7.22. The van der Waals surface area contributed by atoms with Crippen LogP contribution in [0.15, 0.2) is 0 Å². The molecule has 0 saturated carbocycles. The Morgan fingerprint density at radius 2 is 0.875 bits per heavy atom. The first kappa shape index (κ1) is 22.0. The van der Waals surface area contributed by atoms with Gasteiger partial charge in [-0.3, -0.25) is 4.70 Å². The molecule has 0 rings (SSSR count). The molecule has 0 amide bonds. The molecule has 0 spiro atoms. The number of halogens is 6. The molecular formula is C8H19F6PTi. The van der Waals surface area contributed by atoms with Crippen molar-refractivity contribution in [2.45, 2.75) is 51.9 Å². The molecule has 0 unspecified atom stereocenters. The van der Waals surface area contributed by atoms with Crippen molar-refractivity contribution in [2.24, 2.45) is 0 Å². The van der Waals surface area contributed by atoms with Gasteiger partial charge in [0.1, 0.15) is 0 Å². The van der Waals surface area contributed by atoms with Crippen LogP contribution in [-0.2, 0) is 18.7 Å². The van der Waals surface area contributed by atoms with Gasteiger partial charge in [-0.05, 0) is 0 Å². The minimum absolute atomic E-state index is 0. The summed E-state index contributed by atoms with van der Waals surface area (Å²) in [6.45, 7) is 11.8. The molecule has 0 aromatic heterocycles. The Labute approximate surface area is 100 Å². The van der Waals surface area contributed by atoms with Gasteiger partial charge in [0.05, 0.1) is 8.23 Å². The summed E-state index contributed by atoms with van der Waals surface area (Å²) < 4.78 is 53.0. The van der Waals surface area contributed by atoms with E-state index in [4.69, 9.17) is 0 Å².